The predicted octanol–water partition coefficient (Wildman–Crippen LogP) is 0.909. The van der Waals surface area contributed by atoms with Crippen LogP contribution < -0.4 is 5.32 Å². The van der Waals surface area contributed by atoms with Gasteiger partial charge in [0.15, 0.2) is 0 Å². The number of rotatable bonds is 4. The summed E-state index contributed by atoms with van der Waals surface area (Å²) < 4.78 is 0. The highest BCUT2D eigenvalue weighted by Gasteiger charge is 2.42. The van der Waals surface area contributed by atoms with E-state index in [1.807, 2.05) is 0 Å². The summed E-state index contributed by atoms with van der Waals surface area (Å²) in [4.78, 5) is 23.3. The molecule has 0 radical (unpaired) electrons. The third-order valence-corrected chi connectivity index (χ3v) is 4.42. The van der Waals surface area contributed by atoms with Crippen molar-refractivity contribution in [3.05, 3.63) is 0 Å². The highest BCUT2D eigenvalue weighted by molar-refractivity contribution is 5.85. The third kappa shape index (κ3) is 2.51. The lowest BCUT2D eigenvalue weighted by Gasteiger charge is -2.30. The number of carboxylic acid groups (broad SMARTS) is 1. The zero-order valence-electron chi connectivity index (χ0n) is 10.5. The SMILES string of the molecule is O=C(O)C1CCCC1C(=O)NC1(CO)CCCC1. The molecule has 0 bridgehead atoms. The molecule has 0 aliphatic heterocycles. The van der Waals surface area contributed by atoms with Crippen molar-refractivity contribution in [3.8, 4) is 0 Å². The first-order valence-electron chi connectivity index (χ1n) is 6.74. The molecule has 102 valence electrons. The smallest absolute Gasteiger partial charge is 0.307 e. The van der Waals surface area contributed by atoms with Crippen molar-refractivity contribution in [1.82, 2.24) is 5.32 Å². The van der Waals surface area contributed by atoms with E-state index >= 15 is 0 Å². The van der Waals surface area contributed by atoms with Gasteiger partial charge in [-0.25, -0.2) is 0 Å². The maximum Gasteiger partial charge on any atom is 0.307 e. The number of hydrogen-bond donors (Lipinski definition) is 3. The summed E-state index contributed by atoms with van der Waals surface area (Å²) in [5, 5.41) is 21.5. The summed E-state index contributed by atoms with van der Waals surface area (Å²) >= 11 is 0. The van der Waals surface area contributed by atoms with Crippen molar-refractivity contribution in [1.29, 1.82) is 0 Å². The average molecular weight is 255 g/mol. The molecule has 2 aliphatic rings. The molecule has 2 saturated carbocycles. The van der Waals surface area contributed by atoms with Gasteiger partial charge in [0.05, 0.1) is 24.0 Å². The Morgan fingerprint density at radius 3 is 2.28 bits per heavy atom. The van der Waals surface area contributed by atoms with Gasteiger partial charge in [0, 0.05) is 0 Å². The highest BCUT2D eigenvalue weighted by atomic mass is 16.4. The molecule has 2 atom stereocenters. The van der Waals surface area contributed by atoms with E-state index in [0.717, 1.165) is 32.1 Å². The largest absolute Gasteiger partial charge is 0.481 e. The van der Waals surface area contributed by atoms with E-state index in [2.05, 4.69) is 5.32 Å². The number of carbonyl (C=O) groups is 2. The molecule has 1 amide bonds. The number of carbonyl (C=O) groups excluding carboxylic acids is 1. The summed E-state index contributed by atoms with van der Waals surface area (Å²) in [7, 11) is 0. The molecule has 0 saturated heterocycles. The van der Waals surface area contributed by atoms with Crippen LogP contribution in [0.2, 0.25) is 0 Å². The van der Waals surface area contributed by atoms with Crippen molar-refractivity contribution in [2.45, 2.75) is 50.5 Å². The van der Waals surface area contributed by atoms with Gasteiger partial charge >= 0.3 is 5.97 Å². The van der Waals surface area contributed by atoms with Gasteiger partial charge in [-0.15, -0.1) is 0 Å². The molecule has 0 aromatic rings. The van der Waals surface area contributed by atoms with Gasteiger partial charge in [-0.3, -0.25) is 9.59 Å². The van der Waals surface area contributed by atoms with E-state index in [4.69, 9.17) is 5.11 Å². The molecule has 18 heavy (non-hydrogen) atoms. The van der Waals surface area contributed by atoms with E-state index in [0.29, 0.717) is 12.8 Å². The van der Waals surface area contributed by atoms with Gasteiger partial charge < -0.3 is 15.5 Å². The maximum absolute atomic E-state index is 12.2. The van der Waals surface area contributed by atoms with Crippen LogP contribution in [0.1, 0.15) is 44.9 Å². The Morgan fingerprint density at radius 1 is 1.11 bits per heavy atom. The molecule has 5 nitrogen and oxygen atoms in total. The molecular weight excluding hydrogens is 234 g/mol. The van der Waals surface area contributed by atoms with E-state index in [-0.39, 0.29) is 12.5 Å². The number of aliphatic carboxylic acids is 1. The van der Waals surface area contributed by atoms with Crippen LogP contribution in [0.5, 0.6) is 0 Å². The third-order valence-electron chi connectivity index (χ3n) is 4.42. The van der Waals surface area contributed by atoms with Crippen LogP contribution >= 0.6 is 0 Å². The fourth-order valence-corrected chi connectivity index (χ4v) is 3.30. The highest BCUT2D eigenvalue weighted by Crippen LogP contribution is 2.34. The van der Waals surface area contributed by atoms with Gasteiger partial charge in [-0.05, 0) is 25.7 Å². The lowest BCUT2D eigenvalue weighted by atomic mass is 9.92. The second-order valence-electron chi connectivity index (χ2n) is 5.62. The van der Waals surface area contributed by atoms with E-state index in [1.54, 1.807) is 0 Å². The first-order chi connectivity index (χ1) is 8.58. The quantitative estimate of drug-likeness (QED) is 0.697. The van der Waals surface area contributed by atoms with Gasteiger partial charge in [0.25, 0.3) is 0 Å². The van der Waals surface area contributed by atoms with Gasteiger partial charge in [0.1, 0.15) is 0 Å². The fraction of sp³-hybridized carbons (Fsp3) is 0.846. The van der Waals surface area contributed by atoms with Gasteiger partial charge in [-0.2, -0.15) is 0 Å². The Hall–Kier alpha value is -1.10. The van der Waals surface area contributed by atoms with Crippen molar-refractivity contribution in [2.24, 2.45) is 11.8 Å². The van der Waals surface area contributed by atoms with Crippen molar-refractivity contribution < 1.29 is 19.8 Å². The minimum Gasteiger partial charge on any atom is -0.481 e. The second-order valence-corrected chi connectivity index (χ2v) is 5.62. The zero-order chi connectivity index (χ0) is 13.2. The summed E-state index contributed by atoms with van der Waals surface area (Å²) in [5.41, 5.74) is -0.497. The molecule has 0 aromatic heterocycles. The number of aliphatic hydroxyl groups excluding tert-OH is 1. The molecule has 3 N–H and O–H groups in total. The predicted molar refractivity (Wildman–Crippen MR) is 64.9 cm³/mol. The number of carboxylic acids is 1. The number of hydrogen-bond acceptors (Lipinski definition) is 3. The van der Waals surface area contributed by atoms with Crippen LogP contribution in [0.25, 0.3) is 0 Å². The second kappa shape index (κ2) is 5.26. The Kier molecular flexibility index (Phi) is 3.90. The topological polar surface area (TPSA) is 86.6 Å². The molecule has 0 aromatic carbocycles. The Balaban J connectivity index is 2.00. The van der Waals surface area contributed by atoms with Crippen LogP contribution in [-0.2, 0) is 9.59 Å². The molecule has 0 spiro atoms. The summed E-state index contributed by atoms with van der Waals surface area (Å²) in [5.74, 6) is -2.04. The first-order valence-corrected chi connectivity index (χ1v) is 6.74. The van der Waals surface area contributed by atoms with Crippen molar-refractivity contribution in [3.63, 3.8) is 0 Å². The lowest BCUT2D eigenvalue weighted by molar-refractivity contribution is -0.146. The minimum absolute atomic E-state index is 0.0524. The van der Waals surface area contributed by atoms with E-state index < -0.39 is 23.3 Å². The monoisotopic (exact) mass is 255 g/mol. The Labute approximate surface area is 107 Å². The average Bonchev–Trinajstić information content (AvgIpc) is 2.97. The van der Waals surface area contributed by atoms with Crippen molar-refractivity contribution >= 4 is 11.9 Å². The van der Waals surface area contributed by atoms with E-state index in [9.17, 15) is 14.7 Å². The molecule has 2 rings (SSSR count). The Bertz CT molecular complexity index is 336. The first kappa shape index (κ1) is 13.3. The van der Waals surface area contributed by atoms with Crippen molar-refractivity contribution in [2.75, 3.05) is 6.61 Å². The molecule has 2 fully saturated rings. The molecule has 2 aliphatic carbocycles. The Morgan fingerprint density at radius 2 is 1.72 bits per heavy atom. The number of amides is 1. The van der Waals surface area contributed by atoms with Crippen LogP contribution in [0.4, 0.5) is 0 Å². The van der Waals surface area contributed by atoms with Crippen LogP contribution in [0.3, 0.4) is 0 Å². The van der Waals surface area contributed by atoms with Crippen LogP contribution in [-0.4, -0.2) is 34.2 Å². The van der Waals surface area contributed by atoms with Crippen LogP contribution in [0.15, 0.2) is 0 Å². The lowest BCUT2D eigenvalue weighted by Crippen LogP contribution is -2.52. The maximum atomic E-state index is 12.2. The molecule has 0 heterocycles. The summed E-state index contributed by atoms with van der Waals surface area (Å²) in [6.45, 7) is -0.0524. The molecule has 5 heteroatoms. The zero-order valence-corrected chi connectivity index (χ0v) is 10.5. The number of nitrogens with one attached hydrogen (secondary N) is 1. The van der Waals surface area contributed by atoms with Gasteiger partial charge in [0.2, 0.25) is 5.91 Å². The van der Waals surface area contributed by atoms with Gasteiger partial charge in [-0.1, -0.05) is 19.3 Å². The standard InChI is InChI=1S/C13H21NO4/c15-8-13(6-1-2-7-13)14-11(16)9-4-3-5-10(9)12(17)18/h9-10,15H,1-8H2,(H,14,16)(H,17,18). The molecule has 2 unspecified atom stereocenters. The fourth-order valence-electron chi connectivity index (χ4n) is 3.30. The summed E-state index contributed by atoms with van der Waals surface area (Å²) in [6, 6.07) is 0. The minimum atomic E-state index is -0.878. The molecular formula is C13H21NO4. The van der Waals surface area contributed by atoms with Crippen LogP contribution in [0, 0.1) is 11.8 Å². The number of aliphatic hydroxyl groups is 1. The summed E-state index contributed by atoms with van der Waals surface area (Å²) in [6.07, 6.45) is 5.62. The normalized spacial score (nSPS) is 30.3. The van der Waals surface area contributed by atoms with E-state index in [1.165, 1.54) is 0 Å².